The summed E-state index contributed by atoms with van der Waals surface area (Å²) in [5.74, 6) is 0.169. The number of aryl methyl sites for hydroxylation is 1. The first-order valence-electron chi connectivity index (χ1n) is 14.1. The number of amides is 2. The number of nitrogens with zero attached hydrogens (tertiary/aromatic N) is 3. The second-order valence-electron chi connectivity index (χ2n) is 10.9. The van der Waals surface area contributed by atoms with Gasteiger partial charge in [0.05, 0.1) is 24.8 Å². The number of pyridine rings is 1. The van der Waals surface area contributed by atoms with E-state index >= 15 is 0 Å². The molecular formula is C34H32FN3O4. The van der Waals surface area contributed by atoms with Crippen molar-refractivity contribution in [2.45, 2.75) is 51.9 Å². The molecule has 0 spiro atoms. The van der Waals surface area contributed by atoms with Gasteiger partial charge in [0.25, 0.3) is 11.8 Å². The Bertz CT molecular complexity index is 1660. The Hall–Kier alpha value is -4.72. The van der Waals surface area contributed by atoms with Crippen molar-refractivity contribution in [2.75, 3.05) is 12.0 Å². The van der Waals surface area contributed by atoms with Gasteiger partial charge in [0.15, 0.2) is 11.5 Å². The van der Waals surface area contributed by atoms with Crippen molar-refractivity contribution in [1.29, 1.82) is 0 Å². The normalized spacial score (nSPS) is 16.4. The largest absolute Gasteiger partial charge is 0.493 e. The second-order valence-corrected chi connectivity index (χ2v) is 10.9. The molecule has 1 aromatic heterocycles. The predicted molar refractivity (Wildman–Crippen MR) is 157 cm³/mol. The molecule has 0 fully saturated rings. The third-order valence-electron chi connectivity index (χ3n) is 8.05. The molecule has 42 heavy (non-hydrogen) atoms. The maximum atomic E-state index is 13.7. The molecule has 3 heterocycles. The first-order chi connectivity index (χ1) is 20.3. The lowest BCUT2D eigenvalue weighted by Crippen LogP contribution is -2.26. The average molecular weight is 566 g/mol. The van der Waals surface area contributed by atoms with Gasteiger partial charge in [-0.25, -0.2) is 4.98 Å². The number of fused-ring (bicyclic) bond motifs is 2. The third kappa shape index (κ3) is 5.20. The minimum Gasteiger partial charge on any atom is -0.493 e. The summed E-state index contributed by atoms with van der Waals surface area (Å²) in [7, 11) is 1.61. The van der Waals surface area contributed by atoms with Gasteiger partial charge in [0.2, 0.25) is 5.95 Å². The number of aromatic nitrogens is 1. The zero-order chi connectivity index (χ0) is 29.4. The van der Waals surface area contributed by atoms with Crippen molar-refractivity contribution < 1.29 is 23.5 Å². The zero-order valence-electron chi connectivity index (χ0n) is 23.8. The fourth-order valence-corrected chi connectivity index (χ4v) is 5.81. The fourth-order valence-electron chi connectivity index (χ4n) is 5.81. The molecule has 2 unspecified atom stereocenters. The standard InChI is InChI=1S/C34H32FN3O4/c1-21(9-10-23-7-5-4-6-8-23)42-31-16-26(12-14-30(31)41-3)38-22(2)27-13-11-24(15-29(27)34(38)40)19-37-20-25-18-36-32(35)17-28(25)33(37)39/h4-8,11-18,21-22H,9-10,19-20H2,1-3H3. The van der Waals surface area contributed by atoms with E-state index in [0.29, 0.717) is 41.3 Å². The minimum atomic E-state index is -0.671. The van der Waals surface area contributed by atoms with Gasteiger partial charge in [-0.1, -0.05) is 42.5 Å². The average Bonchev–Trinajstić information content (AvgIpc) is 3.43. The number of carbonyl (C=O) groups excluding carboxylic acids is 2. The molecule has 0 saturated heterocycles. The van der Waals surface area contributed by atoms with Gasteiger partial charge in [-0.3, -0.25) is 9.59 Å². The molecule has 214 valence electrons. The summed E-state index contributed by atoms with van der Waals surface area (Å²) < 4.78 is 25.5. The monoisotopic (exact) mass is 565 g/mol. The van der Waals surface area contributed by atoms with Crippen molar-refractivity contribution in [3.63, 3.8) is 0 Å². The summed E-state index contributed by atoms with van der Waals surface area (Å²) in [6, 6.07) is 22.6. The van der Waals surface area contributed by atoms with Crippen LogP contribution in [0.3, 0.4) is 0 Å². The Labute approximate surface area is 244 Å². The minimum absolute atomic E-state index is 0.0625. The number of ether oxygens (including phenoxy) is 2. The number of methoxy groups -OCH3 is 1. The smallest absolute Gasteiger partial charge is 0.259 e. The molecule has 0 radical (unpaired) electrons. The van der Waals surface area contributed by atoms with Crippen LogP contribution in [0.25, 0.3) is 0 Å². The van der Waals surface area contributed by atoms with Crippen LogP contribution < -0.4 is 14.4 Å². The molecule has 0 aliphatic carbocycles. The van der Waals surface area contributed by atoms with Crippen LogP contribution >= 0.6 is 0 Å². The summed E-state index contributed by atoms with van der Waals surface area (Å²) in [5.41, 5.74) is 5.36. The van der Waals surface area contributed by atoms with Crippen molar-refractivity contribution in [3.8, 4) is 11.5 Å². The van der Waals surface area contributed by atoms with Gasteiger partial charge in [-0.2, -0.15) is 4.39 Å². The van der Waals surface area contributed by atoms with Crippen LogP contribution in [0.15, 0.2) is 79.0 Å². The predicted octanol–water partition coefficient (Wildman–Crippen LogP) is 6.51. The van der Waals surface area contributed by atoms with Crippen LogP contribution in [-0.2, 0) is 19.5 Å². The van der Waals surface area contributed by atoms with Gasteiger partial charge in [0.1, 0.15) is 0 Å². The van der Waals surface area contributed by atoms with E-state index in [1.807, 2.05) is 68.4 Å². The number of rotatable bonds is 9. The topological polar surface area (TPSA) is 72.0 Å². The van der Waals surface area contributed by atoms with E-state index in [-0.39, 0.29) is 24.0 Å². The molecule has 2 aliphatic rings. The molecule has 7 nitrogen and oxygen atoms in total. The Morgan fingerprint density at radius 2 is 1.76 bits per heavy atom. The first-order valence-corrected chi connectivity index (χ1v) is 14.1. The summed E-state index contributed by atoms with van der Waals surface area (Å²) in [6.45, 7) is 4.70. The second kappa shape index (κ2) is 11.3. The molecule has 6 rings (SSSR count). The molecule has 2 aliphatic heterocycles. The number of hydrogen-bond donors (Lipinski definition) is 0. The maximum absolute atomic E-state index is 13.7. The lowest BCUT2D eigenvalue weighted by atomic mass is 10.0. The summed E-state index contributed by atoms with van der Waals surface area (Å²) in [4.78, 5) is 33.7. The molecule has 0 saturated carbocycles. The molecule has 3 aromatic carbocycles. The van der Waals surface area contributed by atoms with E-state index in [1.54, 1.807) is 16.9 Å². The van der Waals surface area contributed by atoms with Gasteiger partial charge in [-0.05, 0) is 61.6 Å². The number of hydrogen-bond acceptors (Lipinski definition) is 5. The summed E-state index contributed by atoms with van der Waals surface area (Å²) >= 11 is 0. The molecule has 2 atom stereocenters. The van der Waals surface area contributed by atoms with Crippen LogP contribution in [-0.4, -0.2) is 34.9 Å². The first kappa shape index (κ1) is 27.4. The molecule has 2 amide bonds. The lowest BCUT2D eigenvalue weighted by Gasteiger charge is -2.24. The highest BCUT2D eigenvalue weighted by Crippen LogP contribution is 2.41. The van der Waals surface area contributed by atoms with Gasteiger partial charge in [0, 0.05) is 48.2 Å². The van der Waals surface area contributed by atoms with Crippen LogP contribution in [0.1, 0.15) is 69.3 Å². The SMILES string of the molecule is COc1ccc(N2C(=O)c3cc(CN4Cc5cnc(F)cc5C4=O)ccc3C2C)cc1OC(C)CCc1ccccc1. The Balaban J connectivity index is 1.18. The Morgan fingerprint density at radius 3 is 2.55 bits per heavy atom. The van der Waals surface area contributed by atoms with Crippen molar-refractivity contribution in [2.24, 2.45) is 0 Å². The Kier molecular flexibility index (Phi) is 7.37. The van der Waals surface area contributed by atoms with Crippen LogP contribution in [0.4, 0.5) is 10.1 Å². The highest BCUT2D eigenvalue weighted by molar-refractivity contribution is 6.11. The molecule has 4 aromatic rings. The van der Waals surface area contributed by atoms with E-state index < -0.39 is 5.95 Å². The number of anilines is 1. The highest BCUT2D eigenvalue weighted by atomic mass is 19.1. The highest BCUT2D eigenvalue weighted by Gasteiger charge is 2.36. The zero-order valence-corrected chi connectivity index (χ0v) is 23.8. The van der Waals surface area contributed by atoms with Crippen molar-refractivity contribution in [1.82, 2.24) is 9.88 Å². The van der Waals surface area contributed by atoms with Crippen molar-refractivity contribution in [3.05, 3.63) is 118 Å². The lowest BCUT2D eigenvalue weighted by molar-refractivity contribution is 0.0766. The molecule has 8 heteroatoms. The van der Waals surface area contributed by atoms with Crippen LogP contribution in [0.2, 0.25) is 0 Å². The van der Waals surface area contributed by atoms with Crippen LogP contribution in [0, 0.1) is 5.95 Å². The van der Waals surface area contributed by atoms with Crippen LogP contribution in [0.5, 0.6) is 11.5 Å². The van der Waals surface area contributed by atoms with E-state index in [9.17, 15) is 14.0 Å². The van der Waals surface area contributed by atoms with E-state index in [4.69, 9.17) is 9.47 Å². The fraction of sp³-hybridized carbons (Fsp3) is 0.265. The maximum Gasteiger partial charge on any atom is 0.259 e. The third-order valence-corrected chi connectivity index (χ3v) is 8.05. The number of carbonyl (C=O) groups is 2. The van der Waals surface area contributed by atoms with E-state index in [2.05, 4.69) is 17.1 Å². The molecular weight excluding hydrogens is 533 g/mol. The van der Waals surface area contributed by atoms with E-state index in [0.717, 1.165) is 29.7 Å². The number of halogens is 1. The van der Waals surface area contributed by atoms with Gasteiger partial charge >= 0.3 is 0 Å². The van der Waals surface area contributed by atoms with Gasteiger partial charge < -0.3 is 19.3 Å². The van der Waals surface area contributed by atoms with E-state index in [1.165, 1.54) is 17.8 Å². The summed E-state index contributed by atoms with van der Waals surface area (Å²) in [5, 5.41) is 0. The van der Waals surface area contributed by atoms with Gasteiger partial charge in [-0.15, -0.1) is 0 Å². The molecule has 0 N–H and O–H groups in total. The number of benzene rings is 3. The summed E-state index contributed by atoms with van der Waals surface area (Å²) in [6.07, 6.45) is 3.07. The molecule has 0 bridgehead atoms. The Morgan fingerprint density at radius 1 is 0.952 bits per heavy atom. The quantitative estimate of drug-likeness (QED) is 0.217. The van der Waals surface area contributed by atoms with Crippen molar-refractivity contribution >= 4 is 17.5 Å².